The van der Waals surface area contributed by atoms with E-state index in [-0.39, 0.29) is 0 Å². The second-order valence-corrected chi connectivity index (χ2v) is 31.1. The van der Waals surface area contributed by atoms with Gasteiger partial charge in [0, 0.05) is 98.8 Å². The number of aromatic nitrogens is 6. The van der Waals surface area contributed by atoms with Gasteiger partial charge in [-0.3, -0.25) is 0 Å². The van der Waals surface area contributed by atoms with E-state index < -0.39 is 0 Å². The van der Waals surface area contributed by atoms with Gasteiger partial charge in [-0.25, -0.2) is 0 Å². The van der Waals surface area contributed by atoms with Crippen LogP contribution in [0.2, 0.25) is 0 Å². The quantitative estimate of drug-likeness (QED) is 0.131. The predicted octanol–water partition coefficient (Wildman–Crippen LogP) is 30.3. The van der Waals surface area contributed by atoms with Crippen LogP contribution < -0.4 is 0 Å². The molecular formula is C114H76N6. The Morgan fingerprint density at radius 1 is 0.108 bits per heavy atom. The van der Waals surface area contributed by atoms with Gasteiger partial charge in [-0.1, -0.05) is 315 Å². The normalized spacial score (nSPS) is 11.7. The Hall–Kier alpha value is -16.0. The molecule has 0 spiro atoms. The fourth-order valence-electron chi connectivity index (χ4n) is 19.0. The van der Waals surface area contributed by atoms with Gasteiger partial charge < -0.3 is 27.4 Å². The molecule has 0 aliphatic heterocycles. The number of rotatable bonds is 10. The highest BCUT2D eigenvalue weighted by Gasteiger charge is 2.24. The molecule has 0 aliphatic rings. The van der Waals surface area contributed by atoms with Crippen molar-refractivity contribution in [3.8, 4) is 78.6 Å². The molecule has 120 heavy (non-hydrogen) atoms. The van der Waals surface area contributed by atoms with Crippen LogP contribution in [0.4, 0.5) is 0 Å². The number of benzene rings is 19. The average molecular weight is 1530 g/mol. The zero-order chi connectivity index (χ0) is 79.1. The fourth-order valence-corrected chi connectivity index (χ4v) is 19.0. The number of hydrogen-bond donors (Lipinski definition) is 0. The Bertz CT molecular complexity index is 8080. The van der Waals surface area contributed by atoms with Crippen LogP contribution in [-0.4, -0.2) is 27.4 Å². The Morgan fingerprint density at radius 3 is 0.783 bits per heavy atom. The van der Waals surface area contributed by atoms with Gasteiger partial charge in [0.1, 0.15) is 0 Å². The van der Waals surface area contributed by atoms with E-state index in [1.54, 1.807) is 0 Å². The molecule has 0 amide bonds. The summed E-state index contributed by atoms with van der Waals surface area (Å²) in [6.45, 7) is 0. The van der Waals surface area contributed by atoms with E-state index in [1.807, 2.05) is 0 Å². The molecule has 0 bridgehead atoms. The minimum absolute atomic E-state index is 1.14. The van der Waals surface area contributed by atoms with Crippen LogP contribution in [0.15, 0.2) is 461 Å². The molecule has 0 N–H and O–H groups in total. The number of nitrogens with zero attached hydrogens (tertiary/aromatic N) is 6. The second kappa shape index (κ2) is 29.1. The Balaban J connectivity index is 0.000000108. The van der Waals surface area contributed by atoms with Gasteiger partial charge in [-0.2, -0.15) is 0 Å². The summed E-state index contributed by atoms with van der Waals surface area (Å²) in [5, 5.41) is 15.2. The van der Waals surface area contributed by atoms with Crippen LogP contribution >= 0.6 is 0 Å². The van der Waals surface area contributed by atoms with Crippen molar-refractivity contribution in [2.45, 2.75) is 0 Å². The fraction of sp³-hybridized carbons (Fsp3) is 0. The average Bonchev–Trinajstić information content (AvgIpc) is 1.54. The summed E-state index contributed by atoms with van der Waals surface area (Å²) < 4.78 is 14.5. The monoisotopic (exact) mass is 1530 g/mol. The maximum absolute atomic E-state index is 2.48. The van der Waals surface area contributed by atoms with Gasteiger partial charge >= 0.3 is 0 Å². The Morgan fingerprint density at radius 2 is 0.358 bits per heavy atom. The third-order valence-electron chi connectivity index (χ3n) is 24.3. The summed E-state index contributed by atoms with van der Waals surface area (Å²) in [7, 11) is 0. The molecule has 25 aromatic rings. The van der Waals surface area contributed by atoms with Crippen molar-refractivity contribution < 1.29 is 0 Å². The lowest BCUT2D eigenvalue weighted by Gasteiger charge is -2.14. The van der Waals surface area contributed by atoms with Gasteiger partial charge in [-0.05, 0) is 190 Å². The summed E-state index contributed by atoms with van der Waals surface area (Å²) in [6, 6.07) is 166. The van der Waals surface area contributed by atoms with Crippen LogP contribution in [0, 0.1) is 0 Å². The lowest BCUT2D eigenvalue weighted by Crippen LogP contribution is -1.97. The van der Waals surface area contributed by atoms with E-state index in [9.17, 15) is 0 Å². The molecule has 6 heterocycles. The summed E-state index contributed by atoms with van der Waals surface area (Å²) >= 11 is 0. The van der Waals surface area contributed by atoms with E-state index in [0.29, 0.717) is 0 Å². The highest BCUT2D eigenvalue weighted by molar-refractivity contribution is 6.26. The van der Waals surface area contributed by atoms with Gasteiger partial charge in [0.25, 0.3) is 0 Å². The van der Waals surface area contributed by atoms with Gasteiger partial charge in [0.05, 0.1) is 66.2 Å². The molecule has 6 heteroatoms. The first-order valence-corrected chi connectivity index (χ1v) is 41.2. The topological polar surface area (TPSA) is 29.6 Å². The number of fused-ring (bicyclic) bond motifs is 19. The highest BCUT2D eigenvalue weighted by atomic mass is 15.0. The van der Waals surface area contributed by atoms with Crippen molar-refractivity contribution in [1.82, 2.24) is 27.4 Å². The van der Waals surface area contributed by atoms with E-state index in [4.69, 9.17) is 0 Å². The summed E-state index contributed by atoms with van der Waals surface area (Å²) in [4.78, 5) is 0. The van der Waals surface area contributed by atoms with Crippen LogP contribution in [0.1, 0.15) is 0 Å². The minimum atomic E-state index is 1.14. The lowest BCUT2D eigenvalue weighted by molar-refractivity contribution is 1.17. The maximum atomic E-state index is 2.48. The van der Waals surface area contributed by atoms with Crippen LogP contribution in [-0.2, 0) is 0 Å². The van der Waals surface area contributed by atoms with Crippen molar-refractivity contribution in [3.63, 3.8) is 0 Å². The molecule has 6 nitrogen and oxygen atoms in total. The molecular weight excluding hydrogens is 1450 g/mol. The summed E-state index contributed by atoms with van der Waals surface area (Å²) in [6.07, 6.45) is 0. The zero-order valence-corrected chi connectivity index (χ0v) is 65.6. The SMILES string of the molecule is c1ccc(-c2cc(-c3ccccc3)cc(-n3c4ccccc4c4c3ccc3c5ccccc5n(-c5cccc(-c6ccccc6)c5)c34)c2)cc1.c1ccc(-c2ccc(-n3c4ccccc4c4cc(-n5c6ccccc6c6ccccc65)ccc43)cc2)cc1.c1ccc(-n2c3ccccc3c3cc(-n4c5ccccc5c5ccccc54)ccc32)cc1. The van der Waals surface area contributed by atoms with E-state index in [0.717, 1.165) is 11.4 Å². The van der Waals surface area contributed by atoms with Gasteiger partial charge in [0.15, 0.2) is 0 Å². The second-order valence-electron chi connectivity index (χ2n) is 31.1. The molecule has 0 radical (unpaired) electrons. The molecule has 0 atom stereocenters. The molecule has 6 aromatic heterocycles. The number of para-hydroxylation sites is 9. The molecule has 0 unspecified atom stereocenters. The van der Waals surface area contributed by atoms with Crippen LogP contribution in [0.25, 0.3) is 209 Å². The largest absolute Gasteiger partial charge is 0.309 e. The molecule has 25 rings (SSSR count). The maximum Gasteiger partial charge on any atom is 0.0641 e. The molecule has 0 saturated carbocycles. The van der Waals surface area contributed by atoms with Crippen molar-refractivity contribution in [2.24, 2.45) is 0 Å². The third kappa shape index (κ3) is 11.6. The van der Waals surface area contributed by atoms with Crippen molar-refractivity contribution >= 4 is 131 Å². The van der Waals surface area contributed by atoms with Gasteiger partial charge in [-0.15, -0.1) is 0 Å². The lowest BCUT2D eigenvalue weighted by atomic mass is 9.98. The van der Waals surface area contributed by atoms with Crippen molar-refractivity contribution in [2.75, 3.05) is 0 Å². The summed E-state index contributed by atoms with van der Waals surface area (Å²) in [5.74, 6) is 0. The highest BCUT2D eigenvalue weighted by Crippen LogP contribution is 2.46. The standard InChI is InChI=1S/C48H32N2.C36H24N2.C30H20N2/c1-4-15-33(16-5-1)36-21-14-22-39(30-36)50-44-25-12-10-23-41(44)42-27-28-46-47(48(42)50)43-24-11-13-26-45(43)49(46)40-31-37(34-17-6-2-7-18-34)29-38(32-40)35-19-8-3-9-20-35;1-2-10-25(11-3-1)26-18-20-27(21-19-26)37-35-17-9-6-14-31(35)32-24-28(22-23-36(32)37)38-33-15-7-4-12-29(33)30-13-5-8-16-34(30)38;1-2-10-21(11-3-1)31-29-17-9-6-14-25(29)26-20-22(18-19-30(26)31)32-27-15-7-4-12-23(27)24-13-5-8-16-28(24)32/h1-32H;1-24H;1-20H. The minimum Gasteiger partial charge on any atom is -0.309 e. The molecule has 0 fully saturated rings. The first-order valence-electron chi connectivity index (χ1n) is 41.2. The molecule has 0 saturated heterocycles. The van der Waals surface area contributed by atoms with E-state index in [1.165, 1.54) is 198 Å². The first-order chi connectivity index (χ1) is 59.6. The van der Waals surface area contributed by atoms with Crippen molar-refractivity contribution in [3.05, 3.63) is 461 Å². The zero-order valence-electron chi connectivity index (χ0n) is 65.6. The van der Waals surface area contributed by atoms with E-state index >= 15 is 0 Å². The smallest absolute Gasteiger partial charge is 0.0641 e. The third-order valence-corrected chi connectivity index (χ3v) is 24.3. The number of hydrogen-bond acceptors (Lipinski definition) is 0. The molecule has 19 aromatic carbocycles. The predicted molar refractivity (Wildman–Crippen MR) is 507 cm³/mol. The first kappa shape index (κ1) is 69.5. The Kier molecular flexibility index (Phi) is 16.8. The van der Waals surface area contributed by atoms with E-state index in [2.05, 4.69) is 488 Å². The summed E-state index contributed by atoms with van der Waals surface area (Å²) in [5.41, 5.74) is 31.3. The van der Waals surface area contributed by atoms with Crippen LogP contribution in [0.5, 0.6) is 0 Å². The Labute approximate surface area is 693 Å². The van der Waals surface area contributed by atoms with Gasteiger partial charge in [0.2, 0.25) is 0 Å². The molecule has 562 valence electrons. The van der Waals surface area contributed by atoms with Crippen molar-refractivity contribution in [1.29, 1.82) is 0 Å². The molecule has 0 aliphatic carbocycles. The van der Waals surface area contributed by atoms with Crippen LogP contribution in [0.3, 0.4) is 0 Å².